The average molecular weight is 275 g/mol. The number of carbonyl (C=O) groups excluding carboxylic acids is 2. The number of nitrogens with two attached hydrogens (primary N) is 1. The van der Waals surface area contributed by atoms with Gasteiger partial charge in [0.15, 0.2) is 0 Å². The van der Waals surface area contributed by atoms with Crippen LogP contribution < -0.4 is 11.1 Å². The van der Waals surface area contributed by atoms with Crippen molar-refractivity contribution in [2.75, 3.05) is 5.32 Å². The number of hydrogen-bond donors (Lipinski definition) is 2. The maximum atomic E-state index is 12.0. The Morgan fingerprint density at radius 3 is 2.74 bits per heavy atom. The molecular weight excluding hydrogens is 262 g/mol. The van der Waals surface area contributed by atoms with Crippen LogP contribution in [0.4, 0.5) is 5.82 Å². The van der Waals surface area contributed by atoms with Gasteiger partial charge < -0.3 is 11.1 Å². The minimum absolute atomic E-state index is 0.126. The second-order valence-corrected chi connectivity index (χ2v) is 4.98. The SMILES string of the molecule is CC(C(=O)Nc1cccc(C(N)=O)n1)c1cccs1. The Hall–Kier alpha value is -2.21. The summed E-state index contributed by atoms with van der Waals surface area (Å²) in [6.07, 6.45) is 0. The zero-order valence-corrected chi connectivity index (χ0v) is 11.1. The van der Waals surface area contributed by atoms with E-state index in [0.717, 1.165) is 4.88 Å². The van der Waals surface area contributed by atoms with Crippen molar-refractivity contribution in [3.8, 4) is 0 Å². The van der Waals surface area contributed by atoms with Gasteiger partial charge in [-0.05, 0) is 30.5 Å². The highest BCUT2D eigenvalue weighted by Crippen LogP contribution is 2.21. The third-order valence-corrected chi connectivity index (χ3v) is 3.67. The topological polar surface area (TPSA) is 85.1 Å². The lowest BCUT2D eigenvalue weighted by molar-refractivity contribution is -0.117. The molecule has 0 aliphatic carbocycles. The van der Waals surface area contributed by atoms with Gasteiger partial charge in [-0.25, -0.2) is 4.98 Å². The van der Waals surface area contributed by atoms with Gasteiger partial charge in [0.1, 0.15) is 11.5 Å². The van der Waals surface area contributed by atoms with E-state index in [1.54, 1.807) is 12.1 Å². The van der Waals surface area contributed by atoms with E-state index in [2.05, 4.69) is 10.3 Å². The number of aromatic nitrogens is 1. The molecule has 0 bridgehead atoms. The van der Waals surface area contributed by atoms with E-state index < -0.39 is 5.91 Å². The van der Waals surface area contributed by atoms with Gasteiger partial charge in [0.05, 0.1) is 5.92 Å². The van der Waals surface area contributed by atoms with E-state index in [4.69, 9.17) is 5.73 Å². The molecule has 2 aromatic heterocycles. The Morgan fingerprint density at radius 2 is 2.11 bits per heavy atom. The molecule has 0 aromatic carbocycles. The first-order chi connectivity index (χ1) is 9.08. The molecular formula is C13H13N3O2S. The van der Waals surface area contributed by atoms with Gasteiger partial charge in [-0.15, -0.1) is 11.3 Å². The number of hydrogen-bond acceptors (Lipinski definition) is 4. The number of carbonyl (C=O) groups is 2. The van der Waals surface area contributed by atoms with Gasteiger partial charge in [-0.2, -0.15) is 0 Å². The molecule has 2 rings (SSSR count). The molecule has 0 spiro atoms. The van der Waals surface area contributed by atoms with Crippen LogP contribution in [0.1, 0.15) is 28.2 Å². The van der Waals surface area contributed by atoms with Crippen LogP contribution in [0.2, 0.25) is 0 Å². The van der Waals surface area contributed by atoms with E-state index in [1.807, 2.05) is 24.4 Å². The molecule has 98 valence electrons. The first kappa shape index (κ1) is 13.2. The molecule has 0 radical (unpaired) electrons. The summed E-state index contributed by atoms with van der Waals surface area (Å²) in [5.41, 5.74) is 5.26. The smallest absolute Gasteiger partial charge is 0.267 e. The van der Waals surface area contributed by atoms with E-state index >= 15 is 0 Å². The molecule has 1 atom stereocenters. The number of pyridine rings is 1. The summed E-state index contributed by atoms with van der Waals surface area (Å²) in [5.74, 6) is -0.734. The maximum Gasteiger partial charge on any atom is 0.267 e. The van der Waals surface area contributed by atoms with E-state index in [1.165, 1.54) is 17.4 Å². The number of thiophene rings is 1. The summed E-state index contributed by atoms with van der Waals surface area (Å²) in [6.45, 7) is 1.82. The number of rotatable bonds is 4. The third-order valence-electron chi connectivity index (χ3n) is 2.62. The number of nitrogens with one attached hydrogen (secondary N) is 1. The van der Waals surface area contributed by atoms with Crippen molar-refractivity contribution >= 4 is 29.0 Å². The minimum Gasteiger partial charge on any atom is -0.364 e. The normalized spacial score (nSPS) is 11.8. The molecule has 0 saturated heterocycles. The Labute approximate surface area is 114 Å². The number of primary amides is 1. The number of nitrogens with zero attached hydrogens (tertiary/aromatic N) is 1. The highest BCUT2D eigenvalue weighted by atomic mass is 32.1. The highest BCUT2D eigenvalue weighted by molar-refractivity contribution is 7.10. The summed E-state index contributed by atoms with van der Waals surface area (Å²) >= 11 is 1.52. The standard InChI is InChI=1S/C13H13N3O2S/c1-8(10-5-3-7-19-10)13(18)16-11-6-2-4-9(15-11)12(14)17/h2-8H,1H3,(H2,14,17)(H,15,16,18). The Bertz CT molecular complexity index is 596. The molecule has 2 amide bonds. The van der Waals surface area contributed by atoms with Crippen LogP contribution in [0.25, 0.3) is 0 Å². The van der Waals surface area contributed by atoms with Gasteiger partial charge in [0, 0.05) is 4.88 Å². The first-order valence-corrected chi connectivity index (χ1v) is 6.57. The van der Waals surface area contributed by atoms with Crippen molar-refractivity contribution in [2.45, 2.75) is 12.8 Å². The molecule has 6 heteroatoms. The van der Waals surface area contributed by atoms with Gasteiger partial charge in [0.25, 0.3) is 5.91 Å². The van der Waals surface area contributed by atoms with Crippen molar-refractivity contribution in [3.05, 3.63) is 46.3 Å². The fourth-order valence-electron chi connectivity index (χ4n) is 1.54. The molecule has 5 nitrogen and oxygen atoms in total. The fraction of sp³-hybridized carbons (Fsp3) is 0.154. The molecule has 0 aliphatic rings. The average Bonchev–Trinajstić information content (AvgIpc) is 2.92. The van der Waals surface area contributed by atoms with Gasteiger partial charge in [-0.1, -0.05) is 12.1 Å². The number of anilines is 1. The van der Waals surface area contributed by atoms with E-state index in [9.17, 15) is 9.59 Å². The van der Waals surface area contributed by atoms with E-state index in [-0.39, 0.29) is 17.5 Å². The first-order valence-electron chi connectivity index (χ1n) is 5.69. The summed E-state index contributed by atoms with van der Waals surface area (Å²) < 4.78 is 0. The van der Waals surface area contributed by atoms with Crippen LogP contribution in [0, 0.1) is 0 Å². The van der Waals surface area contributed by atoms with Crippen LogP contribution in [0.5, 0.6) is 0 Å². The van der Waals surface area contributed by atoms with Crippen molar-refractivity contribution in [2.24, 2.45) is 5.73 Å². The lowest BCUT2D eigenvalue weighted by Gasteiger charge is -2.10. The van der Waals surface area contributed by atoms with Gasteiger partial charge in [-0.3, -0.25) is 9.59 Å². The molecule has 1 unspecified atom stereocenters. The second-order valence-electron chi connectivity index (χ2n) is 4.00. The molecule has 0 aliphatic heterocycles. The van der Waals surface area contributed by atoms with Crippen molar-refractivity contribution in [1.29, 1.82) is 0 Å². The lowest BCUT2D eigenvalue weighted by atomic mass is 10.1. The largest absolute Gasteiger partial charge is 0.364 e. The molecule has 19 heavy (non-hydrogen) atoms. The quantitative estimate of drug-likeness (QED) is 0.894. The lowest BCUT2D eigenvalue weighted by Crippen LogP contribution is -2.20. The van der Waals surface area contributed by atoms with Gasteiger partial charge in [0.2, 0.25) is 5.91 Å². The maximum absolute atomic E-state index is 12.0. The predicted molar refractivity (Wildman–Crippen MR) is 74.1 cm³/mol. The van der Waals surface area contributed by atoms with Crippen molar-refractivity contribution in [1.82, 2.24) is 4.98 Å². The van der Waals surface area contributed by atoms with E-state index in [0.29, 0.717) is 5.82 Å². The van der Waals surface area contributed by atoms with Crippen LogP contribution >= 0.6 is 11.3 Å². The Balaban J connectivity index is 2.11. The molecule has 3 N–H and O–H groups in total. The second kappa shape index (κ2) is 5.62. The van der Waals surface area contributed by atoms with Crippen molar-refractivity contribution in [3.63, 3.8) is 0 Å². The van der Waals surface area contributed by atoms with Crippen LogP contribution in [0.15, 0.2) is 35.7 Å². The third kappa shape index (κ3) is 3.17. The summed E-state index contributed by atoms with van der Waals surface area (Å²) in [7, 11) is 0. The van der Waals surface area contributed by atoms with Gasteiger partial charge >= 0.3 is 0 Å². The van der Waals surface area contributed by atoms with Crippen LogP contribution in [-0.4, -0.2) is 16.8 Å². The Kier molecular flexibility index (Phi) is 3.91. The molecule has 2 aromatic rings. The monoisotopic (exact) mass is 275 g/mol. The minimum atomic E-state index is -0.623. The van der Waals surface area contributed by atoms with Crippen molar-refractivity contribution < 1.29 is 9.59 Å². The predicted octanol–water partition coefficient (Wildman–Crippen LogP) is 1.98. The zero-order chi connectivity index (χ0) is 13.8. The summed E-state index contributed by atoms with van der Waals surface area (Å²) in [6, 6.07) is 8.54. The zero-order valence-electron chi connectivity index (χ0n) is 10.3. The molecule has 0 fully saturated rings. The molecule has 0 saturated carbocycles. The molecule has 2 heterocycles. The fourth-order valence-corrected chi connectivity index (χ4v) is 2.33. The Morgan fingerprint density at radius 1 is 1.32 bits per heavy atom. The highest BCUT2D eigenvalue weighted by Gasteiger charge is 2.16. The van der Waals surface area contributed by atoms with Crippen LogP contribution in [-0.2, 0) is 4.79 Å². The van der Waals surface area contributed by atoms with Crippen LogP contribution in [0.3, 0.4) is 0 Å². The summed E-state index contributed by atoms with van der Waals surface area (Å²) in [4.78, 5) is 28.0. The summed E-state index contributed by atoms with van der Waals surface area (Å²) in [5, 5.41) is 4.60. The number of amides is 2.